The molecule has 4 nitrogen and oxygen atoms in total. The highest BCUT2D eigenvalue weighted by atomic mass is 35.5. The number of hydrogen-bond donors (Lipinski definition) is 1. The molecule has 1 aliphatic rings. The first-order valence-electron chi connectivity index (χ1n) is 6.39. The van der Waals surface area contributed by atoms with Gasteiger partial charge in [-0.2, -0.15) is 0 Å². The van der Waals surface area contributed by atoms with Crippen molar-refractivity contribution in [3.05, 3.63) is 33.3 Å². The van der Waals surface area contributed by atoms with Gasteiger partial charge in [0.1, 0.15) is 0 Å². The van der Waals surface area contributed by atoms with Crippen molar-refractivity contribution in [1.29, 1.82) is 0 Å². The van der Waals surface area contributed by atoms with E-state index in [-0.39, 0.29) is 12.3 Å². The fourth-order valence-electron chi connectivity index (χ4n) is 2.76. The van der Waals surface area contributed by atoms with Gasteiger partial charge < -0.3 is 14.6 Å². The molecule has 2 unspecified atom stereocenters. The third-order valence-electron chi connectivity index (χ3n) is 3.73. The van der Waals surface area contributed by atoms with Crippen LogP contribution in [-0.2, 0) is 15.9 Å². The Balaban J connectivity index is 2.26. The first-order valence-corrected chi connectivity index (χ1v) is 7.15. The lowest BCUT2D eigenvalue weighted by molar-refractivity contribution is -0.121. The molecule has 0 spiro atoms. The molecular weight excluding hydrogens is 301 g/mol. The highest BCUT2D eigenvalue weighted by Crippen LogP contribution is 2.40. The molecule has 1 aliphatic carbocycles. The topological polar surface area (TPSA) is 41.9 Å². The van der Waals surface area contributed by atoms with Gasteiger partial charge in [-0.1, -0.05) is 23.2 Å². The van der Waals surface area contributed by atoms with E-state index in [1.807, 2.05) is 18.0 Å². The molecule has 2 atom stereocenters. The summed E-state index contributed by atoms with van der Waals surface area (Å²) in [5.41, 5.74) is 1.94. The van der Waals surface area contributed by atoms with Gasteiger partial charge in [-0.05, 0) is 30.3 Å². The Morgan fingerprint density at radius 1 is 1.35 bits per heavy atom. The van der Waals surface area contributed by atoms with Crippen LogP contribution in [0, 0.1) is 0 Å². The van der Waals surface area contributed by atoms with Crippen molar-refractivity contribution >= 4 is 23.2 Å². The van der Waals surface area contributed by atoms with Crippen LogP contribution in [0.5, 0.6) is 0 Å². The maximum atomic E-state index is 10.3. The van der Waals surface area contributed by atoms with E-state index in [1.165, 1.54) is 0 Å². The minimum atomic E-state index is -0.514. The normalized spacial score (nSPS) is 21.8. The summed E-state index contributed by atoms with van der Waals surface area (Å²) in [7, 11) is 5.10. The van der Waals surface area contributed by atoms with Crippen molar-refractivity contribution in [2.24, 2.45) is 0 Å². The SMILES string of the molecule is COC(CN(C)C1c2cc(Cl)cc(Cl)c2CC1O)OC. The molecule has 2 rings (SSSR count). The number of rotatable bonds is 5. The second-order valence-corrected chi connectivity index (χ2v) is 5.86. The number of ether oxygens (including phenoxy) is 2. The second-order valence-electron chi connectivity index (χ2n) is 5.01. The number of likely N-dealkylation sites (N-methyl/N-ethyl adjacent to an activating group) is 1. The van der Waals surface area contributed by atoms with Crippen LogP contribution in [0.25, 0.3) is 0 Å². The molecule has 6 heteroatoms. The smallest absolute Gasteiger partial charge is 0.169 e. The molecule has 0 aliphatic heterocycles. The molecule has 0 radical (unpaired) electrons. The lowest BCUT2D eigenvalue weighted by atomic mass is 10.1. The zero-order chi connectivity index (χ0) is 14.9. The monoisotopic (exact) mass is 319 g/mol. The fourth-order valence-corrected chi connectivity index (χ4v) is 3.34. The summed E-state index contributed by atoms with van der Waals surface area (Å²) in [6.45, 7) is 0.540. The standard InChI is InChI=1S/C14H19Cl2NO3/c1-17(7-13(19-2)20-3)14-10-4-8(15)5-11(16)9(10)6-12(14)18/h4-5,12-14,18H,6-7H2,1-3H3. The van der Waals surface area contributed by atoms with E-state index in [0.29, 0.717) is 23.0 Å². The number of methoxy groups -OCH3 is 2. The maximum Gasteiger partial charge on any atom is 0.169 e. The second kappa shape index (κ2) is 6.60. The quantitative estimate of drug-likeness (QED) is 0.847. The van der Waals surface area contributed by atoms with Gasteiger partial charge >= 0.3 is 0 Å². The minimum Gasteiger partial charge on any atom is -0.391 e. The molecule has 0 bridgehead atoms. The van der Waals surface area contributed by atoms with Gasteiger partial charge in [0, 0.05) is 37.2 Å². The minimum absolute atomic E-state index is 0.158. The number of fused-ring (bicyclic) bond motifs is 1. The largest absolute Gasteiger partial charge is 0.391 e. The van der Waals surface area contributed by atoms with Crippen molar-refractivity contribution in [2.75, 3.05) is 27.8 Å². The van der Waals surface area contributed by atoms with E-state index >= 15 is 0 Å². The molecule has 0 fully saturated rings. The van der Waals surface area contributed by atoms with Crippen molar-refractivity contribution in [2.45, 2.75) is 24.9 Å². The van der Waals surface area contributed by atoms with Crippen LogP contribution < -0.4 is 0 Å². The van der Waals surface area contributed by atoms with Gasteiger partial charge in [0.2, 0.25) is 0 Å². The van der Waals surface area contributed by atoms with Gasteiger partial charge in [0.05, 0.1) is 12.1 Å². The van der Waals surface area contributed by atoms with E-state index in [0.717, 1.165) is 11.1 Å². The lowest BCUT2D eigenvalue weighted by Gasteiger charge is -2.30. The first-order chi connectivity index (χ1) is 9.47. The van der Waals surface area contributed by atoms with E-state index in [4.69, 9.17) is 32.7 Å². The van der Waals surface area contributed by atoms with Gasteiger partial charge in [-0.25, -0.2) is 0 Å². The molecule has 1 N–H and O–H groups in total. The van der Waals surface area contributed by atoms with Gasteiger partial charge in [0.15, 0.2) is 6.29 Å². The van der Waals surface area contributed by atoms with Crippen molar-refractivity contribution in [3.8, 4) is 0 Å². The average molecular weight is 320 g/mol. The molecule has 1 aromatic carbocycles. The Bertz CT molecular complexity index is 480. The predicted octanol–water partition coefficient (Wildman–Crippen LogP) is 2.50. The summed E-state index contributed by atoms with van der Waals surface area (Å²) < 4.78 is 10.4. The number of aliphatic hydroxyl groups is 1. The Kier molecular flexibility index (Phi) is 5.29. The molecule has 0 saturated carbocycles. The fraction of sp³-hybridized carbons (Fsp3) is 0.571. The van der Waals surface area contributed by atoms with Gasteiger partial charge in [-0.15, -0.1) is 0 Å². The molecule has 20 heavy (non-hydrogen) atoms. The Hall–Kier alpha value is -0.360. The molecule has 0 amide bonds. The van der Waals surface area contributed by atoms with Crippen LogP contribution >= 0.6 is 23.2 Å². The number of benzene rings is 1. The molecular formula is C14H19Cl2NO3. The van der Waals surface area contributed by atoms with Crippen molar-refractivity contribution < 1.29 is 14.6 Å². The molecule has 0 heterocycles. The predicted molar refractivity (Wildman–Crippen MR) is 79.3 cm³/mol. The van der Waals surface area contributed by atoms with Crippen LogP contribution in [0.4, 0.5) is 0 Å². The van der Waals surface area contributed by atoms with E-state index in [2.05, 4.69) is 0 Å². The van der Waals surface area contributed by atoms with Gasteiger partial charge in [0.25, 0.3) is 0 Å². The molecule has 0 aromatic heterocycles. The Morgan fingerprint density at radius 2 is 2.00 bits per heavy atom. The number of nitrogens with zero attached hydrogens (tertiary/aromatic N) is 1. The van der Waals surface area contributed by atoms with E-state index in [1.54, 1.807) is 20.3 Å². The van der Waals surface area contributed by atoms with Crippen LogP contribution in [0.2, 0.25) is 10.0 Å². The summed E-state index contributed by atoms with van der Waals surface area (Å²) in [5, 5.41) is 11.5. The summed E-state index contributed by atoms with van der Waals surface area (Å²) in [6.07, 6.45) is -0.323. The van der Waals surface area contributed by atoms with Crippen LogP contribution in [-0.4, -0.2) is 50.2 Å². The Morgan fingerprint density at radius 3 is 2.60 bits per heavy atom. The first kappa shape index (κ1) is 16.0. The summed E-state index contributed by atoms with van der Waals surface area (Å²) in [6, 6.07) is 3.42. The number of hydrogen-bond acceptors (Lipinski definition) is 4. The van der Waals surface area contributed by atoms with Crippen molar-refractivity contribution in [3.63, 3.8) is 0 Å². The van der Waals surface area contributed by atoms with E-state index in [9.17, 15) is 5.11 Å². The molecule has 112 valence electrons. The third kappa shape index (κ3) is 3.11. The number of aliphatic hydroxyl groups excluding tert-OH is 1. The summed E-state index contributed by atoms with van der Waals surface area (Å²) >= 11 is 12.3. The van der Waals surface area contributed by atoms with Crippen molar-refractivity contribution in [1.82, 2.24) is 4.90 Å². The zero-order valence-corrected chi connectivity index (χ0v) is 13.3. The molecule has 1 aromatic rings. The highest BCUT2D eigenvalue weighted by molar-refractivity contribution is 6.35. The lowest BCUT2D eigenvalue weighted by Crippen LogP contribution is -2.38. The average Bonchev–Trinajstić information content (AvgIpc) is 2.72. The highest BCUT2D eigenvalue weighted by Gasteiger charge is 2.36. The Labute approximate surface area is 129 Å². The van der Waals surface area contributed by atoms with E-state index < -0.39 is 6.10 Å². The summed E-state index contributed by atoms with van der Waals surface area (Å²) in [5.74, 6) is 0. The third-order valence-corrected chi connectivity index (χ3v) is 4.28. The zero-order valence-electron chi connectivity index (χ0n) is 11.8. The number of halogens is 2. The van der Waals surface area contributed by atoms with Crippen LogP contribution in [0.1, 0.15) is 17.2 Å². The van der Waals surface area contributed by atoms with Crippen LogP contribution in [0.15, 0.2) is 12.1 Å². The van der Waals surface area contributed by atoms with Gasteiger partial charge in [-0.3, -0.25) is 4.90 Å². The van der Waals surface area contributed by atoms with Crippen LogP contribution in [0.3, 0.4) is 0 Å². The maximum absolute atomic E-state index is 10.3. The summed E-state index contributed by atoms with van der Waals surface area (Å²) in [4.78, 5) is 2.00. The molecule has 0 saturated heterocycles.